The number of carbonyl (C=O) groups excluding carboxylic acids is 1. The van der Waals surface area contributed by atoms with Gasteiger partial charge < -0.3 is 30.6 Å². The predicted molar refractivity (Wildman–Crippen MR) is 43.9 cm³/mol. The Morgan fingerprint density at radius 2 is 1.92 bits per heavy atom. The third-order valence-electron chi connectivity index (χ3n) is 1.63. The third-order valence-corrected chi connectivity index (χ3v) is 1.63. The summed E-state index contributed by atoms with van der Waals surface area (Å²) in [7, 11) is 1.34. The SMILES string of the molecule is COC[C@@H](O)[C@@H](O)[C@H](O)[C@@H](N)C=O. The van der Waals surface area contributed by atoms with Crippen molar-refractivity contribution in [3.8, 4) is 0 Å². The highest BCUT2D eigenvalue weighted by Gasteiger charge is 2.28. The van der Waals surface area contributed by atoms with Gasteiger partial charge in [-0.3, -0.25) is 0 Å². The summed E-state index contributed by atoms with van der Waals surface area (Å²) in [5, 5.41) is 27.5. The summed E-state index contributed by atoms with van der Waals surface area (Å²) in [4.78, 5) is 10.1. The second-order valence-electron chi connectivity index (χ2n) is 2.72. The topological polar surface area (TPSA) is 113 Å². The number of nitrogens with two attached hydrogens (primary N) is 1. The lowest BCUT2D eigenvalue weighted by Gasteiger charge is -2.23. The summed E-state index contributed by atoms with van der Waals surface area (Å²) in [6.07, 6.45) is -3.93. The van der Waals surface area contributed by atoms with E-state index < -0.39 is 24.4 Å². The molecule has 0 rings (SSSR count). The Labute approximate surface area is 75.9 Å². The molecule has 0 aromatic carbocycles. The number of aliphatic hydroxyl groups excluding tert-OH is 3. The van der Waals surface area contributed by atoms with Crippen LogP contribution in [0, 0.1) is 0 Å². The molecule has 0 unspecified atom stereocenters. The van der Waals surface area contributed by atoms with Crippen LogP contribution in [0.2, 0.25) is 0 Å². The van der Waals surface area contributed by atoms with E-state index in [1.165, 1.54) is 7.11 Å². The van der Waals surface area contributed by atoms with Crippen molar-refractivity contribution in [3.05, 3.63) is 0 Å². The summed E-state index contributed by atoms with van der Waals surface area (Å²) in [6, 6.07) is -1.21. The lowest BCUT2D eigenvalue weighted by molar-refractivity contribution is -0.118. The largest absolute Gasteiger partial charge is 0.388 e. The Kier molecular flexibility index (Phi) is 5.76. The number of hydrogen-bond acceptors (Lipinski definition) is 6. The molecule has 0 aromatic rings. The second kappa shape index (κ2) is 6.01. The van der Waals surface area contributed by atoms with E-state index in [-0.39, 0.29) is 6.61 Å². The van der Waals surface area contributed by atoms with E-state index in [2.05, 4.69) is 4.74 Å². The van der Waals surface area contributed by atoms with Gasteiger partial charge in [0, 0.05) is 7.11 Å². The van der Waals surface area contributed by atoms with Crippen molar-refractivity contribution in [2.45, 2.75) is 24.4 Å². The van der Waals surface area contributed by atoms with Gasteiger partial charge in [0.25, 0.3) is 0 Å². The van der Waals surface area contributed by atoms with Gasteiger partial charge in [-0.25, -0.2) is 0 Å². The van der Waals surface area contributed by atoms with Crippen LogP contribution in [0.1, 0.15) is 0 Å². The Bertz CT molecular complexity index is 154. The smallest absolute Gasteiger partial charge is 0.139 e. The van der Waals surface area contributed by atoms with Gasteiger partial charge in [-0.1, -0.05) is 0 Å². The van der Waals surface area contributed by atoms with Crippen LogP contribution in [0.15, 0.2) is 0 Å². The molecule has 0 aliphatic rings. The first kappa shape index (κ1) is 12.5. The molecule has 0 saturated carbocycles. The monoisotopic (exact) mass is 193 g/mol. The molecule has 0 spiro atoms. The van der Waals surface area contributed by atoms with Crippen LogP contribution >= 0.6 is 0 Å². The van der Waals surface area contributed by atoms with E-state index in [9.17, 15) is 9.90 Å². The maximum absolute atomic E-state index is 10.1. The number of methoxy groups -OCH3 is 1. The van der Waals surface area contributed by atoms with Gasteiger partial charge in [0.2, 0.25) is 0 Å². The zero-order valence-corrected chi connectivity index (χ0v) is 7.33. The Balaban J connectivity index is 4.06. The molecule has 5 N–H and O–H groups in total. The first-order valence-corrected chi connectivity index (χ1v) is 3.78. The summed E-state index contributed by atoms with van der Waals surface area (Å²) >= 11 is 0. The van der Waals surface area contributed by atoms with Crippen LogP contribution < -0.4 is 5.73 Å². The average Bonchev–Trinajstić information content (AvgIpc) is 2.14. The van der Waals surface area contributed by atoms with Gasteiger partial charge in [0.1, 0.15) is 24.6 Å². The molecule has 0 radical (unpaired) electrons. The fourth-order valence-corrected chi connectivity index (χ4v) is 0.805. The molecular formula is C7H15NO5. The van der Waals surface area contributed by atoms with Crippen LogP contribution in [-0.2, 0) is 9.53 Å². The van der Waals surface area contributed by atoms with Gasteiger partial charge >= 0.3 is 0 Å². The van der Waals surface area contributed by atoms with E-state index >= 15 is 0 Å². The highest BCUT2D eigenvalue weighted by atomic mass is 16.5. The quantitative estimate of drug-likeness (QED) is 0.340. The number of rotatable bonds is 6. The minimum atomic E-state index is -1.49. The molecule has 0 fully saturated rings. The summed E-state index contributed by atoms with van der Waals surface area (Å²) in [5.74, 6) is 0. The molecule has 0 aliphatic heterocycles. The fraction of sp³-hybridized carbons (Fsp3) is 0.857. The molecule has 78 valence electrons. The highest BCUT2D eigenvalue weighted by Crippen LogP contribution is 2.02. The first-order chi connectivity index (χ1) is 6.04. The van der Waals surface area contributed by atoms with Gasteiger partial charge in [0.15, 0.2) is 0 Å². The van der Waals surface area contributed by atoms with Crippen molar-refractivity contribution in [1.29, 1.82) is 0 Å². The normalized spacial score (nSPS) is 20.4. The highest BCUT2D eigenvalue weighted by molar-refractivity contribution is 5.58. The summed E-state index contributed by atoms with van der Waals surface area (Å²) in [5.41, 5.74) is 5.12. The lowest BCUT2D eigenvalue weighted by atomic mass is 10.0. The van der Waals surface area contributed by atoms with E-state index in [1.54, 1.807) is 0 Å². The van der Waals surface area contributed by atoms with E-state index in [4.69, 9.17) is 15.9 Å². The molecule has 0 saturated heterocycles. The van der Waals surface area contributed by atoms with Crippen molar-refractivity contribution >= 4 is 6.29 Å². The van der Waals surface area contributed by atoms with Crippen LogP contribution in [0.4, 0.5) is 0 Å². The van der Waals surface area contributed by atoms with Crippen LogP contribution in [0.25, 0.3) is 0 Å². The maximum Gasteiger partial charge on any atom is 0.139 e. The van der Waals surface area contributed by atoms with Gasteiger partial charge in [-0.05, 0) is 0 Å². The predicted octanol–water partition coefficient (Wildman–Crippen LogP) is -2.76. The molecular weight excluding hydrogens is 178 g/mol. The van der Waals surface area contributed by atoms with Gasteiger partial charge in [0.05, 0.1) is 12.6 Å². The Morgan fingerprint density at radius 1 is 1.38 bits per heavy atom. The number of aldehydes is 1. The zero-order valence-electron chi connectivity index (χ0n) is 7.33. The molecule has 6 nitrogen and oxygen atoms in total. The Hall–Kier alpha value is -0.530. The van der Waals surface area contributed by atoms with E-state index in [1.807, 2.05) is 0 Å². The average molecular weight is 193 g/mol. The maximum atomic E-state index is 10.1. The number of carbonyl (C=O) groups is 1. The third kappa shape index (κ3) is 3.79. The number of hydrogen-bond donors (Lipinski definition) is 4. The first-order valence-electron chi connectivity index (χ1n) is 3.78. The number of aliphatic hydroxyl groups is 3. The number of ether oxygens (including phenoxy) is 1. The van der Waals surface area contributed by atoms with Crippen molar-refractivity contribution in [2.24, 2.45) is 5.73 Å². The van der Waals surface area contributed by atoms with Crippen LogP contribution in [0.5, 0.6) is 0 Å². The van der Waals surface area contributed by atoms with E-state index in [0.717, 1.165) is 0 Å². The lowest BCUT2D eigenvalue weighted by Crippen LogP contribution is -2.50. The molecule has 4 atom stereocenters. The fourth-order valence-electron chi connectivity index (χ4n) is 0.805. The molecule has 13 heavy (non-hydrogen) atoms. The van der Waals surface area contributed by atoms with Crippen molar-refractivity contribution in [1.82, 2.24) is 0 Å². The standard InChI is InChI=1S/C7H15NO5/c1-13-3-5(10)7(12)6(11)4(8)2-9/h2,4-7,10-12H,3,8H2,1H3/t4-,5+,6+,7+/m0/s1. The molecule has 0 aliphatic carbocycles. The second-order valence-corrected chi connectivity index (χ2v) is 2.72. The van der Waals surface area contributed by atoms with Crippen molar-refractivity contribution in [2.75, 3.05) is 13.7 Å². The minimum Gasteiger partial charge on any atom is -0.388 e. The summed E-state index contributed by atoms with van der Waals surface area (Å²) < 4.78 is 4.54. The molecule has 0 bridgehead atoms. The van der Waals surface area contributed by atoms with Crippen LogP contribution in [0.3, 0.4) is 0 Å². The molecule has 0 aromatic heterocycles. The molecule has 0 heterocycles. The van der Waals surface area contributed by atoms with Gasteiger partial charge in [-0.2, -0.15) is 0 Å². The van der Waals surface area contributed by atoms with Crippen LogP contribution in [-0.4, -0.2) is 59.7 Å². The van der Waals surface area contributed by atoms with Gasteiger partial charge in [-0.15, -0.1) is 0 Å². The van der Waals surface area contributed by atoms with E-state index in [0.29, 0.717) is 6.29 Å². The van der Waals surface area contributed by atoms with Crippen molar-refractivity contribution < 1.29 is 24.9 Å². The minimum absolute atomic E-state index is 0.135. The molecule has 6 heteroatoms. The van der Waals surface area contributed by atoms with Crippen molar-refractivity contribution in [3.63, 3.8) is 0 Å². The summed E-state index contributed by atoms with van der Waals surface area (Å²) in [6.45, 7) is -0.135. The zero-order chi connectivity index (χ0) is 10.4. The molecule has 0 amide bonds. The Morgan fingerprint density at radius 3 is 2.31 bits per heavy atom.